The van der Waals surface area contributed by atoms with Crippen LogP contribution in [0.25, 0.3) is 11.1 Å². The van der Waals surface area contributed by atoms with Crippen molar-refractivity contribution in [2.45, 2.75) is 31.3 Å². The third-order valence-corrected chi connectivity index (χ3v) is 6.14. The molecule has 1 heterocycles. The van der Waals surface area contributed by atoms with Crippen molar-refractivity contribution in [1.29, 1.82) is 0 Å². The molecular formula is C25H26FN3O3. The fourth-order valence-corrected chi connectivity index (χ4v) is 4.58. The van der Waals surface area contributed by atoms with Crippen LogP contribution < -0.4 is 10.1 Å². The zero-order valence-corrected chi connectivity index (χ0v) is 18.1. The van der Waals surface area contributed by atoms with E-state index in [0.29, 0.717) is 13.0 Å². The minimum atomic E-state index is -0.294. The predicted molar refractivity (Wildman–Crippen MR) is 119 cm³/mol. The summed E-state index contributed by atoms with van der Waals surface area (Å²) >= 11 is 0. The van der Waals surface area contributed by atoms with Crippen LogP contribution in [0, 0.1) is 11.7 Å². The van der Waals surface area contributed by atoms with Gasteiger partial charge in [-0.3, -0.25) is 4.79 Å². The molecule has 3 atom stereocenters. The molecule has 1 saturated carbocycles. The Balaban J connectivity index is 1.57. The molecule has 7 heteroatoms. The molecular weight excluding hydrogens is 409 g/mol. The summed E-state index contributed by atoms with van der Waals surface area (Å²) in [6, 6.07) is 12.4. The first kappa shape index (κ1) is 21.9. The van der Waals surface area contributed by atoms with E-state index < -0.39 is 0 Å². The summed E-state index contributed by atoms with van der Waals surface area (Å²) in [6.07, 6.45) is 6.58. The van der Waals surface area contributed by atoms with Gasteiger partial charge in [0, 0.05) is 42.0 Å². The highest BCUT2D eigenvalue weighted by Gasteiger charge is 2.41. The number of esters is 1. The van der Waals surface area contributed by atoms with E-state index in [2.05, 4.69) is 21.4 Å². The minimum Gasteiger partial charge on any atom is -0.496 e. The van der Waals surface area contributed by atoms with Gasteiger partial charge < -0.3 is 14.8 Å². The molecule has 1 N–H and O–H groups in total. The Kier molecular flexibility index (Phi) is 6.75. The number of hydrogen-bond acceptors (Lipinski definition) is 6. The lowest BCUT2D eigenvalue weighted by Crippen LogP contribution is -2.34. The first-order valence-electron chi connectivity index (χ1n) is 10.6. The molecule has 1 aromatic heterocycles. The van der Waals surface area contributed by atoms with Crippen LogP contribution in [0.1, 0.15) is 29.9 Å². The van der Waals surface area contributed by atoms with Crippen molar-refractivity contribution in [1.82, 2.24) is 15.3 Å². The molecule has 0 spiro atoms. The summed E-state index contributed by atoms with van der Waals surface area (Å²) in [6.45, 7) is 0.557. The fraction of sp³-hybridized carbons (Fsp3) is 0.320. The number of halogens is 1. The topological polar surface area (TPSA) is 73.3 Å². The van der Waals surface area contributed by atoms with Crippen molar-refractivity contribution < 1.29 is 18.7 Å². The van der Waals surface area contributed by atoms with Crippen LogP contribution in [-0.2, 0) is 16.1 Å². The van der Waals surface area contributed by atoms with Crippen molar-refractivity contribution in [2.75, 3.05) is 14.2 Å². The van der Waals surface area contributed by atoms with E-state index in [-0.39, 0.29) is 29.7 Å². The molecule has 0 saturated heterocycles. The van der Waals surface area contributed by atoms with Crippen LogP contribution in [0.15, 0.2) is 61.2 Å². The second-order valence-corrected chi connectivity index (χ2v) is 7.93. The van der Waals surface area contributed by atoms with Crippen molar-refractivity contribution in [3.05, 3.63) is 78.1 Å². The molecule has 1 fully saturated rings. The summed E-state index contributed by atoms with van der Waals surface area (Å²) in [5.74, 6) is -0.110. The second kappa shape index (κ2) is 9.87. The number of carbonyl (C=O) groups excluding carboxylic acids is 1. The number of rotatable bonds is 7. The van der Waals surface area contributed by atoms with Gasteiger partial charge in [0.2, 0.25) is 0 Å². The van der Waals surface area contributed by atoms with E-state index >= 15 is 0 Å². The number of hydrogen-bond donors (Lipinski definition) is 1. The maximum Gasteiger partial charge on any atom is 0.309 e. The van der Waals surface area contributed by atoms with Crippen LogP contribution in [0.4, 0.5) is 4.39 Å². The molecule has 0 radical (unpaired) electrons. The van der Waals surface area contributed by atoms with Gasteiger partial charge in [0.25, 0.3) is 0 Å². The Morgan fingerprint density at radius 2 is 1.81 bits per heavy atom. The Morgan fingerprint density at radius 3 is 2.50 bits per heavy atom. The number of nitrogens with one attached hydrogen (secondary N) is 1. The van der Waals surface area contributed by atoms with E-state index in [1.807, 2.05) is 12.1 Å². The number of nitrogens with zero attached hydrogens (tertiary/aromatic N) is 2. The van der Waals surface area contributed by atoms with Crippen LogP contribution in [0.5, 0.6) is 5.75 Å². The van der Waals surface area contributed by atoms with Gasteiger partial charge in [-0.05, 0) is 48.2 Å². The Hall–Kier alpha value is -3.32. The van der Waals surface area contributed by atoms with Gasteiger partial charge in [0.05, 0.1) is 20.1 Å². The van der Waals surface area contributed by atoms with Crippen LogP contribution in [0.2, 0.25) is 0 Å². The molecule has 4 rings (SSSR count). The molecule has 0 aliphatic heterocycles. The maximum absolute atomic E-state index is 13.5. The number of aromatic nitrogens is 2. The highest BCUT2D eigenvalue weighted by Crippen LogP contribution is 2.41. The van der Waals surface area contributed by atoms with Crippen LogP contribution >= 0.6 is 0 Å². The third kappa shape index (κ3) is 4.62. The average molecular weight is 435 g/mol. The van der Waals surface area contributed by atoms with Crippen molar-refractivity contribution in [2.24, 2.45) is 5.92 Å². The monoisotopic (exact) mass is 435 g/mol. The average Bonchev–Trinajstić information content (AvgIpc) is 3.27. The molecule has 3 unspecified atom stereocenters. The highest BCUT2D eigenvalue weighted by atomic mass is 19.1. The lowest BCUT2D eigenvalue weighted by atomic mass is 9.86. The quantitative estimate of drug-likeness (QED) is 0.563. The van der Waals surface area contributed by atoms with E-state index in [0.717, 1.165) is 34.4 Å². The van der Waals surface area contributed by atoms with Gasteiger partial charge in [-0.2, -0.15) is 0 Å². The maximum atomic E-state index is 13.5. The standard InChI is InChI=1S/C25H26FN3O3/c1-31-23-10-5-17(19-12-27-15-28-13-19)11-18(23)14-29-22-9-8-21(25(30)32-2)24(22)16-3-6-20(26)7-4-16/h3-7,10-13,15,21-22,24,29H,8-9,14H2,1-2H3. The van der Waals surface area contributed by atoms with Gasteiger partial charge in [-0.25, -0.2) is 14.4 Å². The SMILES string of the molecule is COC(=O)C1CCC(NCc2cc(-c3cncnc3)ccc2OC)C1c1ccc(F)cc1. The summed E-state index contributed by atoms with van der Waals surface area (Å²) < 4.78 is 24.1. The van der Waals surface area contributed by atoms with E-state index in [9.17, 15) is 9.18 Å². The van der Waals surface area contributed by atoms with Gasteiger partial charge in [-0.1, -0.05) is 18.2 Å². The first-order valence-corrected chi connectivity index (χ1v) is 10.6. The fourth-order valence-electron chi connectivity index (χ4n) is 4.58. The number of methoxy groups -OCH3 is 2. The van der Waals surface area contributed by atoms with Crippen LogP contribution in [-0.4, -0.2) is 36.2 Å². The zero-order valence-electron chi connectivity index (χ0n) is 18.1. The molecule has 2 aromatic carbocycles. The number of carbonyl (C=O) groups is 1. The van der Waals surface area contributed by atoms with E-state index in [1.54, 1.807) is 31.6 Å². The predicted octanol–water partition coefficient (Wildman–Crippen LogP) is 4.12. The summed E-state index contributed by atoms with van der Waals surface area (Å²) in [4.78, 5) is 20.6. The summed E-state index contributed by atoms with van der Waals surface area (Å²) in [5.41, 5.74) is 3.84. The van der Waals surface area contributed by atoms with E-state index in [1.165, 1.54) is 25.6 Å². The summed E-state index contributed by atoms with van der Waals surface area (Å²) in [5, 5.41) is 3.61. The van der Waals surface area contributed by atoms with Crippen molar-refractivity contribution >= 4 is 5.97 Å². The molecule has 3 aromatic rings. The Labute approximate surface area is 186 Å². The normalized spacial score (nSPS) is 20.2. The molecule has 166 valence electrons. The number of benzene rings is 2. The summed E-state index contributed by atoms with van der Waals surface area (Å²) in [7, 11) is 3.06. The smallest absolute Gasteiger partial charge is 0.309 e. The van der Waals surface area contributed by atoms with Gasteiger partial charge in [0.1, 0.15) is 17.9 Å². The van der Waals surface area contributed by atoms with Crippen molar-refractivity contribution in [3.63, 3.8) is 0 Å². The van der Waals surface area contributed by atoms with Gasteiger partial charge in [0.15, 0.2) is 0 Å². The largest absolute Gasteiger partial charge is 0.496 e. The van der Waals surface area contributed by atoms with Gasteiger partial charge >= 0.3 is 5.97 Å². The first-order chi connectivity index (χ1) is 15.6. The Morgan fingerprint density at radius 1 is 1.06 bits per heavy atom. The molecule has 1 aliphatic rings. The lowest BCUT2D eigenvalue weighted by molar-refractivity contribution is -0.145. The van der Waals surface area contributed by atoms with Gasteiger partial charge in [-0.15, -0.1) is 0 Å². The minimum absolute atomic E-state index is 0.0398. The van der Waals surface area contributed by atoms with Crippen molar-refractivity contribution in [3.8, 4) is 16.9 Å². The molecule has 32 heavy (non-hydrogen) atoms. The Bertz CT molecular complexity index is 1060. The number of ether oxygens (including phenoxy) is 2. The molecule has 1 aliphatic carbocycles. The van der Waals surface area contributed by atoms with E-state index in [4.69, 9.17) is 9.47 Å². The van der Waals surface area contributed by atoms with Crippen LogP contribution in [0.3, 0.4) is 0 Å². The zero-order chi connectivity index (χ0) is 22.5. The second-order valence-electron chi connectivity index (χ2n) is 7.93. The third-order valence-electron chi connectivity index (χ3n) is 6.14. The molecule has 6 nitrogen and oxygen atoms in total. The molecule has 0 amide bonds. The lowest BCUT2D eigenvalue weighted by Gasteiger charge is -2.25. The highest BCUT2D eigenvalue weighted by molar-refractivity contribution is 5.74. The molecule has 0 bridgehead atoms.